The molecule has 0 radical (unpaired) electrons. The second-order valence-electron chi connectivity index (χ2n) is 7.55. The van der Waals surface area contributed by atoms with Crippen molar-refractivity contribution in [2.45, 2.75) is 75.9 Å². The Hall–Kier alpha value is -1.85. The van der Waals surface area contributed by atoms with Gasteiger partial charge in [0.25, 0.3) is 5.91 Å². The number of carbonyl (C=O) groups excluding carboxylic acids is 2. The molecule has 24 heavy (non-hydrogen) atoms. The third-order valence-corrected chi connectivity index (χ3v) is 6.17. The van der Waals surface area contributed by atoms with Crippen molar-refractivity contribution in [2.75, 3.05) is 7.05 Å². The van der Waals surface area contributed by atoms with Crippen LogP contribution in [0.1, 0.15) is 69.5 Å². The smallest absolute Gasteiger partial charge is 0.313 e. The summed E-state index contributed by atoms with van der Waals surface area (Å²) in [6.07, 6.45) is 11.7. The van der Waals surface area contributed by atoms with E-state index in [1.54, 1.807) is 11.9 Å². The highest BCUT2D eigenvalue weighted by Crippen LogP contribution is 2.40. The molecular formula is C18H26N4O2. The summed E-state index contributed by atoms with van der Waals surface area (Å²) in [6.45, 7) is 0.295. The first-order valence-corrected chi connectivity index (χ1v) is 9.26. The van der Waals surface area contributed by atoms with Crippen LogP contribution in [0.4, 0.5) is 4.79 Å². The van der Waals surface area contributed by atoms with E-state index in [0.29, 0.717) is 12.6 Å². The van der Waals surface area contributed by atoms with Crippen LogP contribution in [0.5, 0.6) is 0 Å². The van der Waals surface area contributed by atoms with Gasteiger partial charge in [0.2, 0.25) is 0 Å². The molecule has 130 valence electrons. The van der Waals surface area contributed by atoms with Crippen LogP contribution in [0.25, 0.3) is 0 Å². The van der Waals surface area contributed by atoms with Gasteiger partial charge in [0.15, 0.2) is 0 Å². The SMILES string of the molecule is CN1C(=O)N(Cc2ccn(C3CCCC3)n2)C(=O)C12CCCCC2. The Morgan fingerprint density at radius 1 is 1.12 bits per heavy atom. The van der Waals surface area contributed by atoms with Crippen molar-refractivity contribution in [1.29, 1.82) is 0 Å². The maximum Gasteiger partial charge on any atom is 0.327 e. The number of hydrogen-bond acceptors (Lipinski definition) is 3. The van der Waals surface area contributed by atoms with E-state index in [9.17, 15) is 9.59 Å². The lowest BCUT2D eigenvalue weighted by Gasteiger charge is -2.35. The van der Waals surface area contributed by atoms with E-state index in [-0.39, 0.29) is 11.9 Å². The number of urea groups is 1. The van der Waals surface area contributed by atoms with Gasteiger partial charge in [-0.3, -0.25) is 14.4 Å². The molecule has 1 aliphatic heterocycles. The summed E-state index contributed by atoms with van der Waals surface area (Å²) in [5.74, 6) is -0.0230. The molecule has 1 aromatic rings. The first kappa shape index (κ1) is 15.7. The number of carbonyl (C=O) groups is 2. The maximum absolute atomic E-state index is 13.0. The largest absolute Gasteiger partial charge is 0.327 e. The van der Waals surface area contributed by atoms with Crippen molar-refractivity contribution in [3.63, 3.8) is 0 Å². The minimum atomic E-state index is -0.594. The Kier molecular flexibility index (Phi) is 3.85. The Labute approximate surface area is 142 Å². The number of amides is 3. The fourth-order valence-electron chi connectivity index (χ4n) is 4.67. The molecule has 3 fully saturated rings. The lowest BCUT2D eigenvalue weighted by atomic mass is 9.81. The van der Waals surface area contributed by atoms with Gasteiger partial charge in [0.05, 0.1) is 18.3 Å². The topological polar surface area (TPSA) is 58.4 Å². The van der Waals surface area contributed by atoms with Crippen LogP contribution < -0.4 is 0 Å². The molecule has 3 aliphatic rings. The summed E-state index contributed by atoms with van der Waals surface area (Å²) in [4.78, 5) is 28.7. The van der Waals surface area contributed by atoms with Crippen LogP contribution in [0, 0.1) is 0 Å². The van der Waals surface area contributed by atoms with E-state index in [0.717, 1.165) is 37.8 Å². The van der Waals surface area contributed by atoms with E-state index >= 15 is 0 Å². The number of hydrogen-bond donors (Lipinski definition) is 0. The number of likely N-dealkylation sites (N-methyl/N-ethyl adjacent to an activating group) is 1. The van der Waals surface area contributed by atoms with E-state index in [2.05, 4.69) is 5.10 Å². The van der Waals surface area contributed by atoms with Crippen molar-refractivity contribution < 1.29 is 9.59 Å². The Bertz CT molecular complexity index is 641. The highest BCUT2D eigenvalue weighted by Gasteiger charge is 2.55. The predicted molar refractivity (Wildman–Crippen MR) is 89.3 cm³/mol. The van der Waals surface area contributed by atoms with Crippen molar-refractivity contribution in [3.05, 3.63) is 18.0 Å². The van der Waals surface area contributed by atoms with Crippen LogP contribution in [-0.2, 0) is 11.3 Å². The minimum Gasteiger partial charge on any atom is -0.313 e. The Morgan fingerprint density at radius 2 is 1.83 bits per heavy atom. The molecule has 6 nitrogen and oxygen atoms in total. The van der Waals surface area contributed by atoms with E-state index in [1.165, 1.54) is 30.6 Å². The van der Waals surface area contributed by atoms with Crippen LogP contribution >= 0.6 is 0 Å². The molecule has 0 atom stereocenters. The van der Waals surface area contributed by atoms with Crippen molar-refractivity contribution in [3.8, 4) is 0 Å². The fourth-order valence-corrected chi connectivity index (χ4v) is 4.67. The first-order valence-electron chi connectivity index (χ1n) is 9.26. The second kappa shape index (κ2) is 5.90. The van der Waals surface area contributed by atoms with Gasteiger partial charge in [0, 0.05) is 13.2 Å². The van der Waals surface area contributed by atoms with Gasteiger partial charge in [-0.1, -0.05) is 32.1 Å². The average molecular weight is 330 g/mol. The predicted octanol–water partition coefficient (Wildman–Crippen LogP) is 3.10. The molecule has 0 bridgehead atoms. The average Bonchev–Trinajstić information content (AvgIpc) is 3.32. The van der Waals surface area contributed by atoms with Crippen molar-refractivity contribution >= 4 is 11.9 Å². The highest BCUT2D eigenvalue weighted by molar-refractivity contribution is 6.06. The van der Waals surface area contributed by atoms with Gasteiger partial charge in [-0.2, -0.15) is 5.10 Å². The van der Waals surface area contributed by atoms with E-state index in [4.69, 9.17) is 0 Å². The number of imide groups is 1. The first-order chi connectivity index (χ1) is 11.6. The van der Waals surface area contributed by atoms with Gasteiger partial charge < -0.3 is 4.90 Å². The summed E-state index contributed by atoms with van der Waals surface area (Å²) in [7, 11) is 1.78. The van der Waals surface area contributed by atoms with Gasteiger partial charge in [-0.05, 0) is 31.7 Å². The molecule has 0 N–H and O–H groups in total. The maximum atomic E-state index is 13.0. The summed E-state index contributed by atoms with van der Waals surface area (Å²) < 4.78 is 2.02. The number of aromatic nitrogens is 2. The van der Waals surface area contributed by atoms with Crippen molar-refractivity contribution in [2.24, 2.45) is 0 Å². The molecule has 2 aliphatic carbocycles. The molecule has 1 saturated heterocycles. The van der Waals surface area contributed by atoms with E-state index in [1.807, 2.05) is 16.9 Å². The zero-order chi connectivity index (χ0) is 16.7. The molecular weight excluding hydrogens is 304 g/mol. The summed E-state index contributed by atoms with van der Waals surface area (Å²) in [5, 5.41) is 4.64. The third-order valence-electron chi connectivity index (χ3n) is 6.17. The molecule has 0 unspecified atom stereocenters. The normalized spacial score (nSPS) is 24.5. The summed E-state index contributed by atoms with van der Waals surface area (Å²) >= 11 is 0. The van der Waals surface area contributed by atoms with Gasteiger partial charge in [-0.15, -0.1) is 0 Å². The third kappa shape index (κ3) is 2.34. The Balaban J connectivity index is 1.52. The lowest BCUT2D eigenvalue weighted by Crippen LogP contribution is -2.49. The molecule has 4 rings (SSSR count). The molecule has 6 heteroatoms. The monoisotopic (exact) mass is 330 g/mol. The van der Waals surface area contributed by atoms with Crippen LogP contribution in [0.2, 0.25) is 0 Å². The van der Waals surface area contributed by atoms with Gasteiger partial charge in [0.1, 0.15) is 5.54 Å². The summed E-state index contributed by atoms with van der Waals surface area (Å²) in [6, 6.07) is 2.26. The van der Waals surface area contributed by atoms with Gasteiger partial charge in [-0.25, -0.2) is 4.79 Å². The molecule has 1 spiro atoms. The zero-order valence-electron chi connectivity index (χ0n) is 14.4. The van der Waals surface area contributed by atoms with Crippen LogP contribution in [0.15, 0.2) is 12.3 Å². The number of rotatable bonds is 3. The quantitative estimate of drug-likeness (QED) is 0.800. The van der Waals surface area contributed by atoms with Gasteiger partial charge >= 0.3 is 6.03 Å². The van der Waals surface area contributed by atoms with Crippen LogP contribution in [-0.4, -0.2) is 44.1 Å². The van der Waals surface area contributed by atoms with Crippen LogP contribution in [0.3, 0.4) is 0 Å². The molecule has 1 aromatic heterocycles. The standard InChI is InChI=1S/C18H26N4O2/c1-20-17(24)21(16(23)18(20)10-5-2-6-11-18)13-14-9-12-22(19-14)15-7-3-4-8-15/h9,12,15H,2-8,10-11,13H2,1H3. The molecule has 3 amide bonds. The minimum absolute atomic E-state index is 0.0230. The molecule has 2 saturated carbocycles. The second-order valence-corrected chi connectivity index (χ2v) is 7.55. The van der Waals surface area contributed by atoms with E-state index < -0.39 is 5.54 Å². The lowest BCUT2D eigenvalue weighted by molar-refractivity contribution is -0.134. The Morgan fingerprint density at radius 3 is 2.54 bits per heavy atom. The zero-order valence-corrected chi connectivity index (χ0v) is 14.4. The summed E-state index contributed by atoms with van der Waals surface area (Å²) in [5.41, 5.74) is 0.216. The molecule has 2 heterocycles. The molecule has 0 aromatic carbocycles. The number of nitrogens with zero attached hydrogens (tertiary/aromatic N) is 4. The highest BCUT2D eigenvalue weighted by atomic mass is 16.2. The van der Waals surface area contributed by atoms with Crippen molar-refractivity contribution in [1.82, 2.24) is 19.6 Å². The fraction of sp³-hybridized carbons (Fsp3) is 0.722.